The number of hydrogen-bond acceptors (Lipinski definition) is 7. The highest BCUT2D eigenvalue weighted by atomic mass is 16.5. The van der Waals surface area contributed by atoms with Gasteiger partial charge in [0.1, 0.15) is 24.2 Å². The van der Waals surface area contributed by atoms with E-state index in [9.17, 15) is 9.90 Å². The molecule has 0 aromatic carbocycles. The van der Waals surface area contributed by atoms with E-state index in [2.05, 4.69) is 27.9 Å². The lowest BCUT2D eigenvalue weighted by Gasteiger charge is -2.42. The van der Waals surface area contributed by atoms with E-state index in [-0.39, 0.29) is 24.3 Å². The van der Waals surface area contributed by atoms with Crippen molar-refractivity contribution in [2.45, 2.75) is 51.7 Å². The van der Waals surface area contributed by atoms with Crippen LogP contribution in [0, 0.1) is 11.3 Å². The van der Waals surface area contributed by atoms with Gasteiger partial charge in [-0.05, 0) is 58.2 Å². The first-order chi connectivity index (χ1) is 15.4. The summed E-state index contributed by atoms with van der Waals surface area (Å²) in [6.07, 6.45) is 7.29. The van der Waals surface area contributed by atoms with E-state index < -0.39 is 5.60 Å². The first-order valence-electron chi connectivity index (χ1n) is 11.1. The number of carbonyl (C=O) groups is 1. The van der Waals surface area contributed by atoms with Crippen molar-refractivity contribution in [1.82, 2.24) is 14.9 Å². The van der Waals surface area contributed by atoms with Crippen molar-refractivity contribution in [3.63, 3.8) is 0 Å². The normalized spacial score (nSPS) is 15.3. The standard InChI is InChI=1S/C24H31N5O3/c1-4-28(16-18(3)29(5-2)22-8-7-19(12-25)13-27-22)23(31)17-32-24(9-6-10-24)20-11-21(30)15-26-14-20/h7-8,11,13-15,18,30H,4-6,9-10,16-17H2,1-3H3. The van der Waals surface area contributed by atoms with E-state index in [4.69, 9.17) is 10.00 Å². The fourth-order valence-electron chi connectivity index (χ4n) is 4.13. The van der Waals surface area contributed by atoms with Crippen LogP contribution in [0.2, 0.25) is 0 Å². The Morgan fingerprint density at radius 2 is 2.06 bits per heavy atom. The number of aromatic nitrogens is 2. The van der Waals surface area contributed by atoms with Crippen molar-refractivity contribution in [2.24, 2.45) is 0 Å². The Balaban J connectivity index is 1.62. The molecule has 8 nitrogen and oxygen atoms in total. The van der Waals surface area contributed by atoms with Gasteiger partial charge in [0.2, 0.25) is 5.91 Å². The zero-order chi connectivity index (χ0) is 23.1. The van der Waals surface area contributed by atoms with Gasteiger partial charge >= 0.3 is 0 Å². The summed E-state index contributed by atoms with van der Waals surface area (Å²) in [5.41, 5.74) is 0.790. The van der Waals surface area contributed by atoms with Gasteiger partial charge in [0.05, 0.1) is 17.4 Å². The van der Waals surface area contributed by atoms with Gasteiger partial charge in [0.25, 0.3) is 0 Å². The predicted molar refractivity (Wildman–Crippen MR) is 121 cm³/mol. The molecule has 0 aliphatic heterocycles. The molecule has 2 aromatic rings. The van der Waals surface area contributed by atoms with Crippen molar-refractivity contribution >= 4 is 11.7 Å². The molecule has 1 N–H and O–H groups in total. The molecule has 170 valence electrons. The third-order valence-corrected chi connectivity index (χ3v) is 6.15. The molecule has 2 heterocycles. The molecule has 1 amide bonds. The van der Waals surface area contributed by atoms with Crippen molar-refractivity contribution in [3.05, 3.63) is 47.9 Å². The van der Waals surface area contributed by atoms with Crippen LogP contribution in [0.5, 0.6) is 5.75 Å². The SMILES string of the molecule is CCN(CC(C)N(CC)c1ccc(C#N)cn1)C(=O)COC1(c2cncc(O)c2)CCC1. The third kappa shape index (κ3) is 5.17. The molecule has 1 saturated carbocycles. The number of hydrogen-bond donors (Lipinski definition) is 1. The maximum absolute atomic E-state index is 13.0. The Hall–Kier alpha value is -3.18. The van der Waals surface area contributed by atoms with Crippen LogP contribution >= 0.6 is 0 Å². The Bertz CT molecular complexity index is 953. The number of nitrogens with zero attached hydrogens (tertiary/aromatic N) is 5. The molecule has 3 rings (SSSR count). The highest BCUT2D eigenvalue weighted by Crippen LogP contribution is 2.45. The summed E-state index contributed by atoms with van der Waals surface area (Å²) in [6, 6.07) is 7.38. The third-order valence-electron chi connectivity index (χ3n) is 6.15. The Kier molecular flexibility index (Phi) is 7.65. The molecule has 0 radical (unpaired) electrons. The number of likely N-dealkylation sites (N-methyl/N-ethyl adjacent to an activating group) is 2. The minimum atomic E-state index is -0.547. The highest BCUT2D eigenvalue weighted by molar-refractivity contribution is 5.77. The summed E-state index contributed by atoms with van der Waals surface area (Å²) in [5.74, 6) is 0.815. The van der Waals surface area contributed by atoms with Crippen LogP contribution in [0.1, 0.15) is 51.2 Å². The van der Waals surface area contributed by atoms with E-state index in [0.717, 1.165) is 37.2 Å². The van der Waals surface area contributed by atoms with E-state index in [1.54, 1.807) is 29.4 Å². The second kappa shape index (κ2) is 10.4. The molecule has 1 unspecified atom stereocenters. The van der Waals surface area contributed by atoms with E-state index in [0.29, 0.717) is 18.7 Å². The van der Waals surface area contributed by atoms with Gasteiger partial charge in [-0.15, -0.1) is 0 Å². The van der Waals surface area contributed by atoms with Crippen LogP contribution in [0.25, 0.3) is 0 Å². The van der Waals surface area contributed by atoms with Crippen molar-refractivity contribution in [2.75, 3.05) is 31.1 Å². The quantitative estimate of drug-likeness (QED) is 0.609. The minimum absolute atomic E-state index is 0.0164. The first-order valence-corrected chi connectivity index (χ1v) is 11.1. The monoisotopic (exact) mass is 437 g/mol. The van der Waals surface area contributed by atoms with Crippen molar-refractivity contribution in [3.8, 4) is 11.8 Å². The smallest absolute Gasteiger partial charge is 0.248 e. The second-order valence-electron chi connectivity index (χ2n) is 8.15. The molecule has 0 spiro atoms. The van der Waals surface area contributed by atoms with Crippen molar-refractivity contribution < 1.29 is 14.6 Å². The summed E-state index contributed by atoms with van der Waals surface area (Å²) < 4.78 is 6.13. The molecule has 2 aromatic heterocycles. The summed E-state index contributed by atoms with van der Waals surface area (Å²) >= 11 is 0. The largest absolute Gasteiger partial charge is 0.506 e. The topological polar surface area (TPSA) is 103 Å². The van der Waals surface area contributed by atoms with Crippen LogP contribution in [-0.2, 0) is 15.1 Å². The number of nitriles is 1. The zero-order valence-corrected chi connectivity index (χ0v) is 19.0. The zero-order valence-electron chi connectivity index (χ0n) is 19.0. The molecular weight excluding hydrogens is 406 g/mol. The molecule has 1 aliphatic rings. The molecule has 1 aliphatic carbocycles. The molecule has 0 saturated heterocycles. The molecule has 1 fully saturated rings. The average molecular weight is 438 g/mol. The summed E-state index contributed by atoms with van der Waals surface area (Å²) in [4.78, 5) is 25.4. The molecule has 8 heteroatoms. The van der Waals surface area contributed by atoms with Crippen molar-refractivity contribution in [1.29, 1.82) is 5.26 Å². The molecule has 1 atom stereocenters. The number of pyridine rings is 2. The maximum Gasteiger partial charge on any atom is 0.248 e. The number of ether oxygens (including phenoxy) is 1. The van der Waals surface area contributed by atoms with Gasteiger partial charge in [0, 0.05) is 43.6 Å². The highest BCUT2D eigenvalue weighted by Gasteiger charge is 2.41. The van der Waals surface area contributed by atoms with Crippen LogP contribution in [0.15, 0.2) is 36.8 Å². The van der Waals surface area contributed by atoms with Gasteiger partial charge in [0.15, 0.2) is 0 Å². The first kappa shape index (κ1) is 23.5. The lowest BCUT2D eigenvalue weighted by Crippen LogP contribution is -2.47. The van der Waals surface area contributed by atoms with Crippen LogP contribution in [-0.4, -0.2) is 58.2 Å². The average Bonchev–Trinajstić information content (AvgIpc) is 2.77. The number of carbonyl (C=O) groups excluding carboxylic acids is 1. The Morgan fingerprint density at radius 3 is 2.59 bits per heavy atom. The van der Waals surface area contributed by atoms with Gasteiger partial charge in [-0.1, -0.05) is 0 Å². The number of anilines is 1. The Morgan fingerprint density at radius 1 is 1.28 bits per heavy atom. The molecule has 32 heavy (non-hydrogen) atoms. The lowest BCUT2D eigenvalue weighted by atomic mass is 9.75. The van der Waals surface area contributed by atoms with Crippen LogP contribution in [0.4, 0.5) is 5.82 Å². The van der Waals surface area contributed by atoms with Gasteiger partial charge < -0.3 is 19.6 Å². The predicted octanol–water partition coefficient (Wildman–Crippen LogP) is 3.21. The summed E-state index contributed by atoms with van der Waals surface area (Å²) in [6.45, 7) is 7.89. The molecule has 0 bridgehead atoms. The van der Waals surface area contributed by atoms with E-state index in [1.807, 2.05) is 19.9 Å². The number of amides is 1. The Labute approximate surface area is 189 Å². The van der Waals surface area contributed by atoms with Gasteiger partial charge in [-0.25, -0.2) is 4.98 Å². The fourth-order valence-corrected chi connectivity index (χ4v) is 4.13. The van der Waals surface area contributed by atoms with E-state index >= 15 is 0 Å². The summed E-state index contributed by atoms with van der Waals surface area (Å²) in [7, 11) is 0. The van der Waals surface area contributed by atoms with Crippen LogP contribution < -0.4 is 4.90 Å². The number of rotatable bonds is 10. The minimum Gasteiger partial charge on any atom is -0.506 e. The molecular formula is C24H31N5O3. The second-order valence-corrected chi connectivity index (χ2v) is 8.15. The van der Waals surface area contributed by atoms with Crippen LogP contribution in [0.3, 0.4) is 0 Å². The fraction of sp³-hybridized carbons (Fsp3) is 0.500. The van der Waals surface area contributed by atoms with E-state index in [1.165, 1.54) is 6.20 Å². The van der Waals surface area contributed by atoms with Gasteiger partial charge in [-0.2, -0.15) is 5.26 Å². The number of aromatic hydroxyl groups is 1. The maximum atomic E-state index is 13.0. The summed E-state index contributed by atoms with van der Waals surface area (Å²) in [5, 5.41) is 18.8. The lowest BCUT2D eigenvalue weighted by molar-refractivity contribution is -0.153. The van der Waals surface area contributed by atoms with Gasteiger partial charge in [-0.3, -0.25) is 9.78 Å².